The number of carbonyl (C=O) groups is 1. The maximum Gasteiger partial charge on any atom is 0.302 e. The molecule has 0 saturated heterocycles. The van der Waals surface area contributed by atoms with Crippen molar-refractivity contribution in [2.24, 2.45) is 0 Å². The smallest absolute Gasteiger partial charge is 0.302 e. The van der Waals surface area contributed by atoms with Crippen LogP contribution in [0.4, 0.5) is 0 Å². The molecule has 0 fully saturated rings. The van der Waals surface area contributed by atoms with Crippen LogP contribution in [0.25, 0.3) is 0 Å². The first kappa shape index (κ1) is 26.6. The average molecular weight is 476 g/mol. The van der Waals surface area contributed by atoms with Crippen molar-refractivity contribution >= 4 is 5.97 Å². The second kappa shape index (κ2) is 14.4. The van der Waals surface area contributed by atoms with E-state index < -0.39 is 6.29 Å². The molecular formula is C30H37NO4. The zero-order valence-electron chi connectivity index (χ0n) is 21.0. The quantitative estimate of drug-likeness (QED) is 0.223. The second-order valence-corrected chi connectivity index (χ2v) is 8.77. The maximum atomic E-state index is 12.0. The van der Waals surface area contributed by atoms with E-state index in [1.54, 1.807) is 14.2 Å². The minimum atomic E-state index is -0.475. The maximum absolute atomic E-state index is 12.0. The summed E-state index contributed by atoms with van der Waals surface area (Å²) in [7, 11) is 3.32. The fourth-order valence-electron chi connectivity index (χ4n) is 4.47. The third-order valence-corrected chi connectivity index (χ3v) is 6.14. The predicted molar refractivity (Wildman–Crippen MR) is 139 cm³/mol. The second-order valence-electron chi connectivity index (χ2n) is 8.77. The lowest BCUT2D eigenvalue weighted by molar-refractivity contribution is -0.166. The van der Waals surface area contributed by atoms with Gasteiger partial charge in [0.15, 0.2) is 6.29 Å². The predicted octanol–water partition coefficient (Wildman–Crippen LogP) is 5.63. The zero-order chi connectivity index (χ0) is 24.9. The Labute approximate surface area is 209 Å². The highest BCUT2D eigenvalue weighted by atomic mass is 16.7. The molecule has 3 rings (SSSR count). The lowest BCUT2D eigenvalue weighted by Crippen LogP contribution is -2.47. The van der Waals surface area contributed by atoms with E-state index in [1.165, 1.54) is 23.6 Å². The Hall–Kier alpha value is -2.99. The van der Waals surface area contributed by atoms with Gasteiger partial charge in [0.2, 0.25) is 0 Å². The number of ether oxygens (including phenoxy) is 3. The van der Waals surface area contributed by atoms with Crippen LogP contribution >= 0.6 is 0 Å². The summed E-state index contributed by atoms with van der Waals surface area (Å²) in [4.78, 5) is 14.4. The molecule has 0 N–H and O–H groups in total. The summed E-state index contributed by atoms with van der Waals surface area (Å²) in [6, 6.07) is 30.9. The topological polar surface area (TPSA) is 48.0 Å². The number of aryl methyl sites for hydroxylation is 1. The van der Waals surface area contributed by atoms with Crippen LogP contribution in [0.3, 0.4) is 0 Å². The molecule has 5 nitrogen and oxygen atoms in total. The number of methoxy groups -OCH3 is 2. The molecule has 0 spiro atoms. The molecule has 0 saturated carbocycles. The van der Waals surface area contributed by atoms with Crippen LogP contribution in [0.1, 0.15) is 36.5 Å². The molecule has 0 radical (unpaired) electrons. The van der Waals surface area contributed by atoms with Gasteiger partial charge in [-0.05, 0) is 29.5 Å². The van der Waals surface area contributed by atoms with Crippen LogP contribution in [0, 0.1) is 0 Å². The van der Waals surface area contributed by atoms with Gasteiger partial charge in [0.05, 0.1) is 6.04 Å². The van der Waals surface area contributed by atoms with Gasteiger partial charge < -0.3 is 14.2 Å². The molecule has 0 heterocycles. The lowest BCUT2D eigenvalue weighted by Gasteiger charge is -2.37. The van der Waals surface area contributed by atoms with Gasteiger partial charge in [-0.15, -0.1) is 0 Å². The van der Waals surface area contributed by atoms with E-state index in [0.29, 0.717) is 6.42 Å². The molecule has 35 heavy (non-hydrogen) atoms. The van der Waals surface area contributed by atoms with Crippen molar-refractivity contribution in [3.8, 4) is 0 Å². The van der Waals surface area contributed by atoms with Crippen LogP contribution in [-0.4, -0.2) is 43.5 Å². The zero-order valence-corrected chi connectivity index (χ0v) is 21.0. The molecule has 2 atom stereocenters. The van der Waals surface area contributed by atoms with E-state index in [0.717, 1.165) is 25.9 Å². The summed E-state index contributed by atoms with van der Waals surface area (Å²) < 4.78 is 17.4. The number of carbonyl (C=O) groups excluding carboxylic acids is 1. The molecular weight excluding hydrogens is 438 g/mol. The molecule has 0 aliphatic heterocycles. The van der Waals surface area contributed by atoms with Crippen molar-refractivity contribution in [2.75, 3.05) is 14.2 Å². The van der Waals surface area contributed by atoms with Gasteiger partial charge in [-0.3, -0.25) is 9.69 Å². The SMILES string of the molecule is COC(OC)[C@@H](C[C@@H](CCc1ccccc1)OC(C)=O)N(Cc1ccccc1)Cc1ccccc1. The molecule has 0 unspecified atom stereocenters. The normalized spacial score (nSPS) is 13.1. The number of nitrogens with zero attached hydrogens (tertiary/aromatic N) is 1. The van der Waals surface area contributed by atoms with E-state index in [1.807, 2.05) is 30.3 Å². The van der Waals surface area contributed by atoms with Crippen molar-refractivity contribution in [2.45, 2.75) is 57.7 Å². The molecule has 0 aliphatic rings. The van der Waals surface area contributed by atoms with Gasteiger partial charge in [0.25, 0.3) is 0 Å². The number of hydrogen-bond acceptors (Lipinski definition) is 5. The van der Waals surface area contributed by atoms with Crippen molar-refractivity contribution < 1.29 is 19.0 Å². The summed E-state index contributed by atoms with van der Waals surface area (Å²) >= 11 is 0. The molecule has 0 bridgehead atoms. The summed E-state index contributed by atoms with van der Waals surface area (Å²) in [5.41, 5.74) is 3.63. The summed E-state index contributed by atoms with van der Waals surface area (Å²) in [6.07, 6.45) is 1.41. The van der Waals surface area contributed by atoms with E-state index in [-0.39, 0.29) is 18.1 Å². The highest BCUT2D eigenvalue weighted by Gasteiger charge is 2.32. The first-order chi connectivity index (χ1) is 17.1. The number of hydrogen-bond donors (Lipinski definition) is 0. The molecule has 186 valence electrons. The third-order valence-electron chi connectivity index (χ3n) is 6.14. The third kappa shape index (κ3) is 8.95. The summed E-state index contributed by atoms with van der Waals surface area (Å²) in [5.74, 6) is -0.272. The van der Waals surface area contributed by atoms with Crippen molar-refractivity contribution in [1.82, 2.24) is 4.90 Å². The van der Waals surface area contributed by atoms with E-state index in [2.05, 4.69) is 65.6 Å². The Bertz CT molecular complexity index is 936. The molecule has 3 aromatic rings. The fraction of sp³-hybridized carbons (Fsp3) is 0.367. The van der Waals surface area contributed by atoms with Gasteiger partial charge in [0.1, 0.15) is 6.10 Å². The largest absolute Gasteiger partial charge is 0.462 e. The monoisotopic (exact) mass is 475 g/mol. The van der Waals surface area contributed by atoms with E-state index >= 15 is 0 Å². The molecule has 0 amide bonds. The number of benzene rings is 3. The van der Waals surface area contributed by atoms with Crippen molar-refractivity contribution in [1.29, 1.82) is 0 Å². The number of esters is 1. The van der Waals surface area contributed by atoms with Gasteiger partial charge in [0, 0.05) is 40.7 Å². The van der Waals surface area contributed by atoms with Crippen LogP contribution in [0.5, 0.6) is 0 Å². The lowest BCUT2D eigenvalue weighted by atomic mass is 9.99. The Morgan fingerprint density at radius 2 is 1.20 bits per heavy atom. The van der Waals surface area contributed by atoms with Gasteiger partial charge in [-0.2, -0.15) is 0 Å². The highest BCUT2D eigenvalue weighted by molar-refractivity contribution is 5.66. The average Bonchev–Trinajstić information content (AvgIpc) is 2.88. The standard InChI is InChI=1S/C30H37NO4/c1-24(32)35-28(20-19-25-13-7-4-8-14-25)21-29(30(33-2)34-3)31(22-26-15-9-5-10-16-26)23-27-17-11-6-12-18-27/h4-18,28-30H,19-23H2,1-3H3/t28-,29-/m1/s1. The summed E-state index contributed by atoms with van der Waals surface area (Å²) in [6.45, 7) is 2.91. The first-order valence-electron chi connectivity index (χ1n) is 12.2. The van der Waals surface area contributed by atoms with Crippen molar-refractivity contribution in [3.05, 3.63) is 108 Å². The van der Waals surface area contributed by atoms with Crippen LogP contribution in [-0.2, 0) is 38.5 Å². The van der Waals surface area contributed by atoms with E-state index in [9.17, 15) is 4.79 Å². The van der Waals surface area contributed by atoms with Crippen LogP contribution in [0.15, 0.2) is 91.0 Å². The summed E-state index contributed by atoms with van der Waals surface area (Å²) in [5, 5.41) is 0. The van der Waals surface area contributed by atoms with Gasteiger partial charge >= 0.3 is 5.97 Å². The minimum Gasteiger partial charge on any atom is -0.462 e. The van der Waals surface area contributed by atoms with Gasteiger partial charge in [-0.1, -0.05) is 91.0 Å². The molecule has 0 aromatic heterocycles. The van der Waals surface area contributed by atoms with Gasteiger partial charge in [-0.25, -0.2) is 0 Å². The van der Waals surface area contributed by atoms with Crippen LogP contribution < -0.4 is 0 Å². The number of rotatable bonds is 14. The molecule has 5 heteroatoms. The molecule has 3 aromatic carbocycles. The molecule has 0 aliphatic carbocycles. The Morgan fingerprint density at radius 1 is 0.743 bits per heavy atom. The van der Waals surface area contributed by atoms with Crippen molar-refractivity contribution in [3.63, 3.8) is 0 Å². The minimum absolute atomic E-state index is 0.134. The fourth-order valence-corrected chi connectivity index (χ4v) is 4.47. The Balaban J connectivity index is 1.87. The first-order valence-corrected chi connectivity index (χ1v) is 12.2. The Morgan fingerprint density at radius 3 is 1.63 bits per heavy atom. The Kier molecular flexibility index (Phi) is 11.0. The van der Waals surface area contributed by atoms with Crippen LogP contribution in [0.2, 0.25) is 0 Å². The van der Waals surface area contributed by atoms with E-state index in [4.69, 9.17) is 14.2 Å². The highest BCUT2D eigenvalue weighted by Crippen LogP contribution is 2.24.